The van der Waals surface area contributed by atoms with Gasteiger partial charge in [0.15, 0.2) is 0 Å². The molecule has 0 amide bonds. The van der Waals surface area contributed by atoms with Crippen molar-refractivity contribution in [1.29, 1.82) is 5.26 Å². The van der Waals surface area contributed by atoms with Crippen LogP contribution in [-0.4, -0.2) is 37.8 Å². The number of nitrogens with one attached hydrogen (secondary N) is 1. The van der Waals surface area contributed by atoms with Crippen LogP contribution in [0.4, 0.5) is 11.4 Å². The van der Waals surface area contributed by atoms with Crippen molar-refractivity contribution in [3.63, 3.8) is 0 Å². The maximum Gasteiger partial charge on any atom is 0.270 e. The summed E-state index contributed by atoms with van der Waals surface area (Å²) >= 11 is 0. The van der Waals surface area contributed by atoms with E-state index >= 15 is 0 Å². The summed E-state index contributed by atoms with van der Waals surface area (Å²) in [5.41, 5.74) is -0.00387. The van der Waals surface area contributed by atoms with Crippen molar-refractivity contribution in [2.24, 2.45) is 0 Å². The highest BCUT2D eigenvalue weighted by atomic mass is 32.2. The molecule has 9 heteroatoms. The van der Waals surface area contributed by atoms with E-state index in [2.05, 4.69) is 5.32 Å². The minimum absolute atomic E-state index is 0.0209. The number of nitro groups is 1. The zero-order valence-corrected chi connectivity index (χ0v) is 12.6. The van der Waals surface area contributed by atoms with Gasteiger partial charge in [0.2, 0.25) is 10.0 Å². The molecule has 21 heavy (non-hydrogen) atoms. The number of non-ortho nitro benzene ring substituents is 1. The van der Waals surface area contributed by atoms with Crippen LogP contribution in [0.25, 0.3) is 0 Å². The lowest BCUT2D eigenvalue weighted by molar-refractivity contribution is -0.385. The number of hydrogen-bond donors (Lipinski definition) is 1. The maximum atomic E-state index is 12.5. The molecule has 1 rings (SSSR count). The Kier molecular flexibility index (Phi) is 5.63. The molecule has 0 aliphatic rings. The van der Waals surface area contributed by atoms with E-state index in [1.54, 1.807) is 6.92 Å². The first kappa shape index (κ1) is 16.9. The van der Waals surface area contributed by atoms with Gasteiger partial charge >= 0.3 is 0 Å². The average molecular weight is 312 g/mol. The van der Waals surface area contributed by atoms with Crippen molar-refractivity contribution in [1.82, 2.24) is 4.31 Å². The first-order chi connectivity index (χ1) is 9.84. The van der Waals surface area contributed by atoms with Crippen molar-refractivity contribution >= 4 is 21.4 Å². The van der Waals surface area contributed by atoms with Gasteiger partial charge in [0.05, 0.1) is 16.7 Å². The van der Waals surface area contributed by atoms with E-state index in [9.17, 15) is 18.5 Å². The molecule has 1 aromatic carbocycles. The summed E-state index contributed by atoms with van der Waals surface area (Å²) in [7, 11) is -2.57. The molecular formula is C12H16N4O4S. The molecule has 0 unspecified atom stereocenters. The first-order valence-corrected chi connectivity index (χ1v) is 7.64. The van der Waals surface area contributed by atoms with Gasteiger partial charge in [-0.1, -0.05) is 0 Å². The average Bonchev–Trinajstić information content (AvgIpc) is 2.44. The van der Waals surface area contributed by atoms with E-state index in [0.29, 0.717) is 12.2 Å². The van der Waals surface area contributed by atoms with Crippen molar-refractivity contribution in [3.8, 4) is 6.07 Å². The lowest BCUT2D eigenvalue weighted by atomic mass is 10.3. The number of sulfonamides is 1. The summed E-state index contributed by atoms with van der Waals surface area (Å²) in [6.45, 7) is 2.28. The van der Waals surface area contributed by atoms with Gasteiger partial charge in [-0.3, -0.25) is 10.1 Å². The molecule has 0 aromatic heterocycles. The highest BCUT2D eigenvalue weighted by Crippen LogP contribution is 2.28. The Balaban J connectivity index is 3.33. The van der Waals surface area contributed by atoms with Gasteiger partial charge < -0.3 is 5.32 Å². The Morgan fingerprint density at radius 1 is 1.48 bits per heavy atom. The molecule has 1 N–H and O–H groups in total. The number of anilines is 1. The van der Waals surface area contributed by atoms with Crippen molar-refractivity contribution in [2.45, 2.75) is 18.2 Å². The Morgan fingerprint density at radius 2 is 2.14 bits per heavy atom. The fraction of sp³-hybridized carbons (Fsp3) is 0.417. The maximum absolute atomic E-state index is 12.5. The van der Waals surface area contributed by atoms with E-state index in [4.69, 9.17) is 5.26 Å². The molecule has 8 nitrogen and oxygen atoms in total. The number of rotatable bonds is 7. The molecule has 0 fully saturated rings. The van der Waals surface area contributed by atoms with Gasteiger partial charge in [-0.2, -0.15) is 9.57 Å². The van der Waals surface area contributed by atoms with Crippen molar-refractivity contribution < 1.29 is 13.3 Å². The first-order valence-electron chi connectivity index (χ1n) is 6.20. The van der Waals surface area contributed by atoms with Crippen LogP contribution in [0.1, 0.15) is 13.3 Å². The SMILES string of the molecule is CCNc1ccc([N+](=O)[O-])cc1S(=O)(=O)N(C)CCC#N. The lowest BCUT2D eigenvalue weighted by Crippen LogP contribution is -2.28. The summed E-state index contributed by atoms with van der Waals surface area (Å²) in [6.07, 6.45) is 0.0429. The van der Waals surface area contributed by atoms with Crippen molar-refractivity contribution in [2.75, 3.05) is 25.5 Å². The quantitative estimate of drug-likeness (QED) is 0.603. The second kappa shape index (κ2) is 7.01. The summed E-state index contributed by atoms with van der Waals surface area (Å²) in [6, 6.07) is 5.50. The normalized spacial score (nSPS) is 11.1. The molecule has 0 saturated carbocycles. The topological polar surface area (TPSA) is 116 Å². The smallest absolute Gasteiger partial charge is 0.270 e. The highest BCUT2D eigenvalue weighted by molar-refractivity contribution is 7.89. The van der Waals surface area contributed by atoms with Crippen LogP contribution in [0, 0.1) is 21.4 Å². The fourth-order valence-electron chi connectivity index (χ4n) is 1.67. The molecular weight excluding hydrogens is 296 g/mol. The van der Waals surface area contributed by atoms with Gasteiger partial charge in [-0.15, -0.1) is 0 Å². The molecule has 1 aromatic rings. The van der Waals surface area contributed by atoms with Gasteiger partial charge in [0.1, 0.15) is 4.90 Å². The largest absolute Gasteiger partial charge is 0.384 e. The highest BCUT2D eigenvalue weighted by Gasteiger charge is 2.26. The summed E-state index contributed by atoms with van der Waals surface area (Å²) in [5, 5.41) is 22.2. The third-order valence-corrected chi connectivity index (χ3v) is 4.67. The minimum Gasteiger partial charge on any atom is -0.384 e. The van der Waals surface area contributed by atoms with Crippen LogP contribution < -0.4 is 5.32 Å². The van der Waals surface area contributed by atoms with Crippen LogP contribution in [0.3, 0.4) is 0 Å². The molecule has 0 heterocycles. The summed E-state index contributed by atoms with van der Waals surface area (Å²) in [4.78, 5) is 10.0. The van der Waals surface area contributed by atoms with Crippen LogP contribution in [0.15, 0.2) is 23.1 Å². The molecule has 114 valence electrons. The van der Waals surface area contributed by atoms with Crippen LogP contribution in [-0.2, 0) is 10.0 Å². The van der Waals surface area contributed by atoms with Crippen LogP contribution in [0.5, 0.6) is 0 Å². The standard InChI is InChI=1S/C12H16N4O4S/c1-3-14-11-6-5-10(16(17)18)9-12(11)21(19,20)15(2)8-4-7-13/h5-6,9,14H,3-4,8H2,1-2H3. The van der Waals surface area contributed by atoms with E-state index in [-0.39, 0.29) is 23.5 Å². The lowest BCUT2D eigenvalue weighted by Gasteiger charge is -2.18. The van der Waals surface area contributed by atoms with E-state index < -0.39 is 14.9 Å². The van der Waals surface area contributed by atoms with Gasteiger partial charge in [0.25, 0.3) is 5.69 Å². The zero-order valence-electron chi connectivity index (χ0n) is 11.7. The van der Waals surface area contributed by atoms with Crippen molar-refractivity contribution in [3.05, 3.63) is 28.3 Å². The Bertz CT molecular complexity index is 666. The second-order valence-corrected chi connectivity index (χ2v) is 6.22. The third-order valence-electron chi connectivity index (χ3n) is 2.77. The van der Waals surface area contributed by atoms with Gasteiger partial charge in [0, 0.05) is 38.7 Å². The molecule has 0 atom stereocenters. The third kappa shape index (κ3) is 3.90. The second-order valence-electron chi connectivity index (χ2n) is 4.20. The predicted molar refractivity (Wildman–Crippen MR) is 77.3 cm³/mol. The molecule has 0 spiro atoms. The van der Waals surface area contributed by atoms with Crippen LogP contribution >= 0.6 is 0 Å². The molecule has 0 saturated heterocycles. The Labute approximate surface area is 123 Å². The zero-order chi connectivity index (χ0) is 16.0. The fourth-order valence-corrected chi connectivity index (χ4v) is 3.03. The molecule has 0 radical (unpaired) electrons. The minimum atomic E-state index is -3.90. The molecule has 0 bridgehead atoms. The van der Waals surface area contributed by atoms with Gasteiger partial charge in [-0.25, -0.2) is 8.42 Å². The number of nitriles is 1. The van der Waals surface area contributed by atoms with Crippen LogP contribution in [0.2, 0.25) is 0 Å². The number of nitrogens with zero attached hydrogens (tertiary/aromatic N) is 3. The Morgan fingerprint density at radius 3 is 2.67 bits per heavy atom. The van der Waals surface area contributed by atoms with E-state index in [0.717, 1.165) is 10.4 Å². The molecule has 0 aliphatic heterocycles. The summed E-state index contributed by atoms with van der Waals surface area (Å²) < 4.78 is 25.9. The predicted octanol–water partition coefficient (Wildman–Crippen LogP) is 1.56. The summed E-state index contributed by atoms with van der Waals surface area (Å²) in [5.74, 6) is 0. The molecule has 0 aliphatic carbocycles. The number of nitro benzene ring substituents is 1. The van der Waals surface area contributed by atoms with E-state index in [1.807, 2.05) is 6.07 Å². The van der Waals surface area contributed by atoms with Gasteiger partial charge in [-0.05, 0) is 13.0 Å². The number of benzene rings is 1. The number of hydrogen-bond acceptors (Lipinski definition) is 6. The monoisotopic (exact) mass is 312 g/mol. The Hall–Kier alpha value is -2.18. The van der Waals surface area contributed by atoms with E-state index in [1.165, 1.54) is 19.2 Å².